The van der Waals surface area contributed by atoms with Gasteiger partial charge in [-0.1, -0.05) is 58.4 Å². The van der Waals surface area contributed by atoms with Crippen LogP contribution in [0.5, 0.6) is 0 Å². The summed E-state index contributed by atoms with van der Waals surface area (Å²) >= 11 is 3.43. The SMILES string of the molecule is CCOC(=O)CC1COC[C@@H](c2ccc(Br)cc2)N1C(=O)OCc1ccccc1. The first kappa shape index (κ1) is 21.3. The molecule has 1 aliphatic heterocycles. The number of halogens is 1. The molecule has 154 valence electrons. The smallest absolute Gasteiger partial charge is 0.411 e. The van der Waals surface area contributed by atoms with Gasteiger partial charge in [0.2, 0.25) is 0 Å². The minimum absolute atomic E-state index is 0.0569. The van der Waals surface area contributed by atoms with Gasteiger partial charge in [-0.05, 0) is 30.2 Å². The average Bonchev–Trinajstić information content (AvgIpc) is 2.73. The Morgan fingerprint density at radius 3 is 2.48 bits per heavy atom. The van der Waals surface area contributed by atoms with Crippen molar-refractivity contribution in [3.63, 3.8) is 0 Å². The van der Waals surface area contributed by atoms with E-state index in [-0.39, 0.29) is 31.6 Å². The number of amides is 1. The van der Waals surface area contributed by atoms with Crippen molar-refractivity contribution in [1.29, 1.82) is 0 Å². The fourth-order valence-electron chi connectivity index (χ4n) is 3.31. The second-order valence-electron chi connectivity index (χ2n) is 6.72. The van der Waals surface area contributed by atoms with E-state index in [2.05, 4.69) is 15.9 Å². The molecular weight excluding hydrogens is 438 g/mol. The van der Waals surface area contributed by atoms with Gasteiger partial charge in [-0.2, -0.15) is 0 Å². The number of carbonyl (C=O) groups is 2. The molecule has 2 aromatic carbocycles. The van der Waals surface area contributed by atoms with Gasteiger partial charge in [0.15, 0.2) is 0 Å². The topological polar surface area (TPSA) is 65.1 Å². The van der Waals surface area contributed by atoms with Crippen molar-refractivity contribution in [3.05, 3.63) is 70.2 Å². The highest BCUT2D eigenvalue weighted by Gasteiger charge is 2.38. The first-order valence-corrected chi connectivity index (χ1v) is 10.4. The Labute approximate surface area is 178 Å². The number of esters is 1. The van der Waals surface area contributed by atoms with Gasteiger partial charge >= 0.3 is 12.1 Å². The summed E-state index contributed by atoms with van der Waals surface area (Å²) in [5, 5.41) is 0. The minimum Gasteiger partial charge on any atom is -0.466 e. The van der Waals surface area contributed by atoms with Crippen molar-refractivity contribution in [1.82, 2.24) is 4.90 Å². The van der Waals surface area contributed by atoms with Crippen molar-refractivity contribution < 1.29 is 23.8 Å². The summed E-state index contributed by atoms with van der Waals surface area (Å²) in [5.74, 6) is -0.363. The Kier molecular flexibility index (Phi) is 7.66. The quantitative estimate of drug-likeness (QED) is 0.593. The molecule has 1 aliphatic rings. The van der Waals surface area contributed by atoms with Crippen LogP contribution in [0.25, 0.3) is 0 Å². The van der Waals surface area contributed by atoms with Crippen molar-refractivity contribution in [2.75, 3.05) is 19.8 Å². The van der Waals surface area contributed by atoms with Gasteiger partial charge in [-0.3, -0.25) is 9.69 Å². The fourth-order valence-corrected chi connectivity index (χ4v) is 3.58. The lowest BCUT2D eigenvalue weighted by atomic mass is 10.0. The molecule has 1 fully saturated rings. The molecule has 0 aliphatic carbocycles. The third kappa shape index (κ3) is 5.81. The highest BCUT2D eigenvalue weighted by molar-refractivity contribution is 9.10. The van der Waals surface area contributed by atoms with Gasteiger partial charge < -0.3 is 14.2 Å². The van der Waals surface area contributed by atoms with E-state index in [0.717, 1.165) is 15.6 Å². The molecule has 1 heterocycles. The van der Waals surface area contributed by atoms with Gasteiger partial charge in [0.1, 0.15) is 6.61 Å². The average molecular weight is 462 g/mol. The molecule has 0 N–H and O–H groups in total. The van der Waals surface area contributed by atoms with Crippen LogP contribution in [0.4, 0.5) is 4.79 Å². The van der Waals surface area contributed by atoms with Crippen molar-refractivity contribution in [2.45, 2.75) is 32.0 Å². The second kappa shape index (κ2) is 10.4. The van der Waals surface area contributed by atoms with E-state index in [9.17, 15) is 9.59 Å². The van der Waals surface area contributed by atoms with Crippen LogP contribution in [0.3, 0.4) is 0 Å². The van der Waals surface area contributed by atoms with Crippen LogP contribution in [0.1, 0.15) is 30.5 Å². The Morgan fingerprint density at radius 2 is 1.79 bits per heavy atom. The van der Waals surface area contributed by atoms with E-state index in [1.807, 2.05) is 54.6 Å². The number of rotatable bonds is 6. The summed E-state index contributed by atoms with van der Waals surface area (Å²) in [7, 11) is 0. The Balaban J connectivity index is 1.80. The number of hydrogen-bond donors (Lipinski definition) is 0. The monoisotopic (exact) mass is 461 g/mol. The zero-order valence-corrected chi connectivity index (χ0v) is 17.8. The van der Waals surface area contributed by atoms with Crippen LogP contribution in [0, 0.1) is 0 Å². The van der Waals surface area contributed by atoms with E-state index in [1.165, 1.54) is 0 Å². The highest BCUT2D eigenvalue weighted by atomic mass is 79.9. The van der Waals surface area contributed by atoms with Crippen LogP contribution < -0.4 is 0 Å². The lowest BCUT2D eigenvalue weighted by Gasteiger charge is -2.41. The summed E-state index contributed by atoms with van der Waals surface area (Å²) in [4.78, 5) is 26.8. The molecule has 2 aromatic rings. The Bertz CT molecular complexity index is 812. The molecule has 0 radical (unpaired) electrons. The Morgan fingerprint density at radius 1 is 1.07 bits per heavy atom. The first-order valence-electron chi connectivity index (χ1n) is 9.56. The zero-order chi connectivity index (χ0) is 20.6. The number of carbonyl (C=O) groups excluding carboxylic acids is 2. The largest absolute Gasteiger partial charge is 0.466 e. The standard InChI is InChI=1S/C22H24BrNO5/c1-2-28-21(25)12-19-14-27-15-20(17-8-10-18(23)11-9-17)24(19)22(26)29-13-16-6-4-3-5-7-16/h3-11,19-20H,2,12-15H2,1H3/t19?,20-/m0/s1. The van der Waals surface area contributed by atoms with E-state index in [4.69, 9.17) is 14.2 Å². The third-order valence-electron chi connectivity index (χ3n) is 4.69. The highest BCUT2D eigenvalue weighted by Crippen LogP contribution is 2.30. The predicted octanol–water partition coefficient (Wildman–Crippen LogP) is 4.48. The summed E-state index contributed by atoms with van der Waals surface area (Å²) in [6, 6.07) is 16.4. The van der Waals surface area contributed by atoms with Crippen LogP contribution in [0.15, 0.2) is 59.1 Å². The van der Waals surface area contributed by atoms with E-state index in [0.29, 0.717) is 13.2 Å². The van der Waals surface area contributed by atoms with E-state index < -0.39 is 12.1 Å². The molecule has 0 spiro atoms. The number of ether oxygens (including phenoxy) is 3. The lowest BCUT2D eigenvalue weighted by Crippen LogP contribution is -2.51. The number of nitrogens with zero attached hydrogens (tertiary/aromatic N) is 1. The van der Waals surface area contributed by atoms with Gasteiger partial charge in [0.05, 0.1) is 38.3 Å². The second-order valence-corrected chi connectivity index (χ2v) is 7.63. The fraction of sp³-hybridized carbons (Fsp3) is 0.364. The van der Waals surface area contributed by atoms with Crippen molar-refractivity contribution >= 4 is 28.0 Å². The Hall–Kier alpha value is -2.38. The maximum absolute atomic E-state index is 13.1. The summed E-state index contributed by atoms with van der Waals surface area (Å²) in [5.41, 5.74) is 1.81. The summed E-state index contributed by atoms with van der Waals surface area (Å²) in [6.45, 7) is 2.80. The molecular formula is C22H24BrNO5. The molecule has 6 nitrogen and oxygen atoms in total. The maximum Gasteiger partial charge on any atom is 0.411 e. The van der Waals surface area contributed by atoms with Gasteiger partial charge in [0, 0.05) is 4.47 Å². The third-order valence-corrected chi connectivity index (χ3v) is 5.22. The van der Waals surface area contributed by atoms with Crippen LogP contribution in [0.2, 0.25) is 0 Å². The van der Waals surface area contributed by atoms with Gasteiger partial charge in [-0.25, -0.2) is 4.79 Å². The van der Waals surface area contributed by atoms with Crippen molar-refractivity contribution in [2.24, 2.45) is 0 Å². The van der Waals surface area contributed by atoms with Gasteiger partial charge in [0.25, 0.3) is 0 Å². The molecule has 1 saturated heterocycles. The molecule has 0 aromatic heterocycles. The van der Waals surface area contributed by atoms with Crippen LogP contribution in [-0.4, -0.2) is 42.8 Å². The predicted molar refractivity (Wildman–Crippen MR) is 111 cm³/mol. The number of hydrogen-bond acceptors (Lipinski definition) is 5. The molecule has 29 heavy (non-hydrogen) atoms. The summed E-state index contributed by atoms with van der Waals surface area (Å²) in [6.07, 6.45) is -0.416. The molecule has 0 saturated carbocycles. The molecule has 0 bridgehead atoms. The zero-order valence-electron chi connectivity index (χ0n) is 16.3. The first-order chi connectivity index (χ1) is 14.1. The van der Waals surface area contributed by atoms with E-state index >= 15 is 0 Å². The van der Waals surface area contributed by atoms with Gasteiger partial charge in [-0.15, -0.1) is 0 Å². The van der Waals surface area contributed by atoms with Crippen molar-refractivity contribution in [3.8, 4) is 0 Å². The number of morpholine rings is 1. The van der Waals surface area contributed by atoms with E-state index in [1.54, 1.807) is 11.8 Å². The van der Waals surface area contributed by atoms with Crippen LogP contribution in [-0.2, 0) is 25.6 Å². The normalized spacial score (nSPS) is 18.9. The molecule has 3 rings (SSSR count). The minimum atomic E-state index is -0.473. The molecule has 1 unspecified atom stereocenters. The number of benzene rings is 2. The lowest BCUT2D eigenvalue weighted by molar-refractivity contribution is -0.146. The molecule has 7 heteroatoms. The maximum atomic E-state index is 13.1. The molecule has 1 amide bonds. The molecule has 2 atom stereocenters. The summed E-state index contributed by atoms with van der Waals surface area (Å²) < 4.78 is 17.3. The van der Waals surface area contributed by atoms with Crippen LogP contribution >= 0.6 is 15.9 Å².